The largest absolute Gasteiger partial charge is 0.462 e. The standard InChI is InChI=1S/C17H18N2O4/c1-4-23-17(22)14-9-13(11(3)18-16(14)21)15(20)19-12-7-5-6-10(2)8-12/h5-9H,4H2,1-3H3,(H,18,21)(H,19,20). The Morgan fingerprint density at radius 2 is 1.91 bits per heavy atom. The van der Waals surface area contributed by atoms with Gasteiger partial charge in [0.15, 0.2) is 0 Å². The predicted molar refractivity (Wildman–Crippen MR) is 86.9 cm³/mol. The summed E-state index contributed by atoms with van der Waals surface area (Å²) in [5.41, 5.74) is 1.48. The van der Waals surface area contributed by atoms with Crippen molar-refractivity contribution in [3.8, 4) is 0 Å². The van der Waals surface area contributed by atoms with Crippen molar-refractivity contribution in [1.29, 1.82) is 0 Å². The van der Waals surface area contributed by atoms with E-state index >= 15 is 0 Å². The van der Waals surface area contributed by atoms with Crippen LogP contribution in [-0.2, 0) is 4.74 Å². The highest BCUT2D eigenvalue weighted by molar-refractivity contribution is 6.06. The van der Waals surface area contributed by atoms with E-state index in [2.05, 4.69) is 10.3 Å². The number of H-pyrrole nitrogens is 1. The molecule has 0 unspecified atom stereocenters. The molecule has 2 aromatic rings. The Morgan fingerprint density at radius 3 is 2.57 bits per heavy atom. The number of hydrogen-bond acceptors (Lipinski definition) is 4. The fraction of sp³-hybridized carbons (Fsp3) is 0.235. The van der Waals surface area contributed by atoms with Gasteiger partial charge in [-0.15, -0.1) is 0 Å². The minimum atomic E-state index is -0.752. The molecule has 6 heteroatoms. The maximum atomic E-state index is 12.4. The summed E-state index contributed by atoms with van der Waals surface area (Å²) in [6.45, 7) is 5.31. The third-order valence-corrected chi connectivity index (χ3v) is 3.25. The average Bonchev–Trinajstić information content (AvgIpc) is 2.47. The number of aryl methyl sites for hydroxylation is 2. The maximum absolute atomic E-state index is 12.4. The molecule has 1 heterocycles. The van der Waals surface area contributed by atoms with E-state index in [0.717, 1.165) is 5.56 Å². The van der Waals surface area contributed by atoms with Gasteiger partial charge in [-0.05, 0) is 44.5 Å². The van der Waals surface area contributed by atoms with E-state index in [-0.39, 0.29) is 17.7 Å². The normalized spacial score (nSPS) is 10.2. The first-order valence-corrected chi connectivity index (χ1v) is 7.21. The van der Waals surface area contributed by atoms with E-state index in [1.807, 2.05) is 25.1 Å². The van der Waals surface area contributed by atoms with Gasteiger partial charge in [0.2, 0.25) is 0 Å². The Balaban J connectivity index is 2.34. The van der Waals surface area contributed by atoms with Crippen LogP contribution in [0.4, 0.5) is 5.69 Å². The molecule has 0 aliphatic heterocycles. The zero-order valence-corrected chi connectivity index (χ0v) is 13.2. The van der Waals surface area contributed by atoms with E-state index in [0.29, 0.717) is 11.4 Å². The lowest BCUT2D eigenvalue weighted by Gasteiger charge is -2.09. The second kappa shape index (κ2) is 6.91. The molecule has 0 saturated carbocycles. The van der Waals surface area contributed by atoms with E-state index in [1.54, 1.807) is 19.9 Å². The molecule has 6 nitrogen and oxygen atoms in total. The molecular weight excluding hydrogens is 296 g/mol. The Bertz CT molecular complexity index is 808. The minimum Gasteiger partial charge on any atom is -0.462 e. The van der Waals surface area contributed by atoms with Crippen LogP contribution in [0, 0.1) is 13.8 Å². The number of carbonyl (C=O) groups excluding carboxylic acids is 2. The van der Waals surface area contributed by atoms with Crippen LogP contribution in [0.2, 0.25) is 0 Å². The van der Waals surface area contributed by atoms with Crippen molar-refractivity contribution in [2.24, 2.45) is 0 Å². The number of aromatic nitrogens is 1. The monoisotopic (exact) mass is 314 g/mol. The van der Waals surface area contributed by atoms with Crippen LogP contribution in [0.5, 0.6) is 0 Å². The number of rotatable bonds is 4. The molecule has 0 radical (unpaired) electrons. The summed E-state index contributed by atoms with van der Waals surface area (Å²) in [4.78, 5) is 38.5. The molecule has 1 aromatic heterocycles. The predicted octanol–water partition coefficient (Wildman–Crippen LogP) is 2.42. The summed E-state index contributed by atoms with van der Waals surface area (Å²) < 4.78 is 4.83. The van der Waals surface area contributed by atoms with Crippen LogP contribution in [0.15, 0.2) is 35.1 Å². The first-order chi connectivity index (χ1) is 10.9. The third-order valence-electron chi connectivity index (χ3n) is 3.25. The highest BCUT2D eigenvalue weighted by Crippen LogP contribution is 2.13. The Labute approximate surface area is 133 Å². The Kier molecular flexibility index (Phi) is 4.95. The van der Waals surface area contributed by atoms with Crippen molar-refractivity contribution in [3.05, 3.63) is 63.1 Å². The number of hydrogen-bond donors (Lipinski definition) is 2. The van der Waals surface area contributed by atoms with Gasteiger partial charge in [-0.25, -0.2) is 4.79 Å². The minimum absolute atomic E-state index is 0.150. The van der Waals surface area contributed by atoms with Gasteiger partial charge in [0.25, 0.3) is 11.5 Å². The van der Waals surface area contributed by atoms with Crippen molar-refractivity contribution in [2.45, 2.75) is 20.8 Å². The molecule has 0 bridgehead atoms. The highest BCUT2D eigenvalue weighted by atomic mass is 16.5. The fourth-order valence-corrected chi connectivity index (χ4v) is 2.14. The molecule has 0 spiro atoms. The zero-order valence-electron chi connectivity index (χ0n) is 13.2. The smallest absolute Gasteiger partial charge is 0.343 e. The molecule has 2 N–H and O–H groups in total. The Hall–Kier alpha value is -2.89. The SMILES string of the molecule is CCOC(=O)c1cc(C(=O)Nc2cccc(C)c2)c(C)[nH]c1=O. The molecule has 0 aliphatic carbocycles. The number of anilines is 1. The van der Waals surface area contributed by atoms with Crippen molar-refractivity contribution in [2.75, 3.05) is 11.9 Å². The summed E-state index contributed by atoms with van der Waals surface area (Å²) in [6.07, 6.45) is 0. The second-order valence-corrected chi connectivity index (χ2v) is 5.09. The van der Waals surface area contributed by atoms with E-state index in [4.69, 9.17) is 4.74 Å². The summed E-state index contributed by atoms with van der Waals surface area (Å²) in [5, 5.41) is 2.74. The third kappa shape index (κ3) is 3.85. The van der Waals surface area contributed by atoms with Crippen LogP contribution in [0.25, 0.3) is 0 Å². The summed E-state index contributed by atoms with van der Waals surface area (Å²) in [7, 11) is 0. The van der Waals surface area contributed by atoms with Crippen LogP contribution >= 0.6 is 0 Å². The van der Waals surface area contributed by atoms with Crippen molar-refractivity contribution >= 4 is 17.6 Å². The average molecular weight is 314 g/mol. The molecule has 0 saturated heterocycles. The number of nitrogens with one attached hydrogen (secondary N) is 2. The molecule has 23 heavy (non-hydrogen) atoms. The molecule has 120 valence electrons. The lowest BCUT2D eigenvalue weighted by molar-refractivity contribution is 0.0524. The number of aromatic amines is 1. The number of esters is 1. The van der Waals surface area contributed by atoms with E-state index in [9.17, 15) is 14.4 Å². The summed E-state index contributed by atoms with van der Waals surface area (Å²) in [6, 6.07) is 8.59. The van der Waals surface area contributed by atoms with Crippen molar-refractivity contribution < 1.29 is 14.3 Å². The van der Waals surface area contributed by atoms with Gasteiger partial charge in [-0.2, -0.15) is 0 Å². The summed E-state index contributed by atoms with van der Waals surface area (Å²) in [5.74, 6) is -1.16. The molecule has 1 aromatic carbocycles. The number of pyridine rings is 1. The number of ether oxygens (including phenoxy) is 1. The van der Waals surface area contributed by atoms with Crippen molar-refractivity contribution in [3.63, 3.8) is 0 Å². The molecule has 0 aliphatic rings. The quantitative estimate of drug-likeness (QED) is 0.848. The topological polar surface area (TPSA) is 88.3 Å². The first kappa shape index (κ1) is 16.5. The van der Waals surface area contributed by atoms with Gasteiger partial charge in [-0.3, -0.25) is 9.59 Å². The lowest BCUT2D eigenvalue weighted by Crippen LogP contribution is -2.24. The first-order valence-electron chi connectivity index (χ1n) is 7.21. The molecule has 1 amide bonds. The van der Waals surface area contributed by atoms with Gasteiger partial charge in [0, 0.05) is 11.4 Å². The Morgan fingerprint density at radius 1 is 1.17 bits per heavy atom. The highest BCUT2D eigenvalue weighted by Gasteiger charge is 2.18. The molecule has 0 fully saturated rings. The van der Waals surface area contributed by atoms with Gasteiger partial charge >= 0.3 is 5.97 Å². The fourth-order valence-electron chi connectivity index (χ4n) is 2.14. The van der Waals surface area contributed by atoms with Crippen LogP contribution in [0.1, 0.15) is 38.9 Å². The lowest BCUT2D eigenvalue weighted by atomic mass is 10.1. The van der Waals surface area contributed by atoms with Crippen LogP contribution < -0.4 is 10.9 Å². The zero-order chi connectivity index (χ0) is 17.0. The number of benzene rings is 1. The molecule has 2 rings (SSSR count). The molecule has 0 atom stereocenters. The second-order valence-electron chi connectivity index (χ2n) is 5.09. The van der Waals surface area contributed by atoms with Crippen LogP contribution in [0.3, 0.4) is 0 Å². The number of amides is 1. The van der Waals surface area contributed by atoms with E-state index in [1.165, 1.54) is 6.07 Å². The van der Waals surface area contributed by atoms with Gasteiger partial charge in [0.1, 0.15) is 5.56 Å². The number of carbonyl (C=O) groups is 2. The van der Waals surface area contributed by atoms with Gasteiger partial charge in [0.05, 0.1) is 12.2 Å². The molecular formula is C17H18N2O4. The van der Waals surface area contributed by atoms with Crippen molar-refractivity contribution in [1.82, 2.24) is 4.98 Å². The van der Waals surface area contributed by atoms with E-state index < -0.39 is 17.4 Å². The van der Waals surface area contributed by atoms with Crippen LogP contribution in [-0.4, -0.2) is 23.5 Å². The van der Waals surface area contributed by atoms with Gasteiger partial charge < -0.3 is 15.0 Å². The maximum Gasteiger partial charge on any atom is 0.343 e. The van der Waals surface area contributed by atoms with Gasteiger partial charge in [-0.1, -0.05) is 12.1 Å². The summed E-state index contributed by atoms with van der Waals surface area (Å²) >= 11 is 0.